The second-order valence-electron chi connectivity index (χ2n) is 2.58. The fourth-order valence-corrected chi connectivity index (χ4v) is 2.02. The van der Waals surface area contributed by atoms with Gasteiger partial charge in [0, 0.05) is 0 Å². The number of terminal acetylenes is 1. The molecule has 1 aliphatic carbocycles. The Morgan fingerprint density at radius 2 is 2.00 bits per heavy atom. The van der Waals surface area contributed by atoms with Crippen molar-refractivity contribution < 1.29 is 8.76 Å². The molecule has 0 aromatic carbocycles. The second kappa shape index (κ2) is 2.73. The molecule has 2 nitrogen and oxygen atoms in total. The molecule has 1 fully saturated rings. The van der Waals surface area contributed by atoms with Crippen LogP contribution in [0, 0.1) is 12.3 Å². The SMILES string of the molecule is C#CC1(S(=O)[O-])CCCC1. The minimum atomic E-state index is -2.09. The van der Waals surface area contributed by atoms with Crippen LogP contribution in [0.5, 0.6) is 0 Å². The minimum absolute atomic E-state index is 0.639. The molecule has 0 N–H and O–H groups in total. The first-order chi connectivity index (χ1) is 4.71. The summed E-state index contributed by atoms with van der Waals surface area (Å²) in [5.74, 6) is 2.36. The average Bonchev–Trinajstić information content (AvgIpc) is 2.35. The van der Waals surface area contributed by atoms with Crippen molar-refractivity contribution in [3.05, 3.63) is 0 Å². The fourth-order valence-electron chi connectivity index (χ4n) is 1.31. The van der Waals surface area contributed by atoms with Gasteiger partial charge in [0.15, 0.2) is 0 Å². The molecule has 56 valence electrons. The van der Waals surface area contributed by atoms with Gasteiger partial charge in [-0.2, -0.15) is 0 Å². The van der Waals surface area contributed by atoms with Crippen LogP contribution in [0.4, 0.5) is 0 Å². The smallest absolute Gasteiger partial charge is 0.0928 e. The van der Waals surface area contributed by atoms with E-state index in [0.29, 0.717) is 12.8 Å². The van der Waals surface area contributed by atoms with E-state index in [1.54, 1.807) is 0 Å². The van der Waals surface area contributed by atoms with E-state index in [1.807, 2.05) is 0 Å². The molecule has 0 heterocycles. The number of hydrogen-bond acceptors (Lipinski definition) is 2. The number of hydrogen-bond donors (Lipinski definition) is 0. The lowest BCUT2D eigenvalue weighted by molar-refractivity contribution is 0.505. The zero-order chi connectivity index (χ0) is 7.61. The summed E-state index contributed by atoms with van der Waals surface area (Å²) in [5, 5.41) is 0. The molecule has 0 saturated heterocycles. The molecule has 1 aliphatic rings. The highest BCUT2D eigenvalue weighted by atomic mass is 32.2. The van der Waals surface area contributed by atoms with Crippen molar-refractivity contribution in [3.63, 3.8) is 0 Å². The van der Waals surface area contributed by atoms with E-state index >= 15 is 0 Å². The molecule has 0 amide bonds. The lowest BCUT2D eigenvalue weighted by Crippen LogP contribution is -2.28. The Labute approximate surface area is 63.3 Å². The Kier molecular flexibility index (Phi) is 2.12. The lowest BCUT2D eigenvalue weighted by atomic mass is 10.1. The van der Waals surface area contributed by atoms with Crippen LogP contribution in [0.1, 0.15) is 25.7 Å². The Hall–Kier alpha value is -0.330. The molecule has 0 radical (unpaired) electrons. The van der Waals surface area contributed by atoms with Crippen molar-refractivity contribution in [2.24, 2.45) is 0 Å². The van der Waals surface area contributed by atoms with Crippen LogP contribution < -0.4 is 0 Å². The standard InChI is InChI=1S/C7H10O2S/c1-2-7(10(8)9)5-3-4-6-7/h1H,3-6H2,(H,8,9)/p-1. The maximum absolute atomic E-state index is 10.6. The van der Waals surface area contributed by atoms with Crippen LogP contribution in [0.3, 0.4) is 0 Å². The second-order valence-corrected chi connectivity index (χ2v) is 3.83. The molecule has 0 aromatic rings. The van der Waals surface area contributed by atoms with Crippen molar-refractivity contribution >= 4 is 11.1 Å². The van der Waals surface area contributed by atoms with E-state index < -0.39 is 15.8 Å². The van der Waals surface area contributed by atoms with Crippen LogP contribution in [0.2, 0.25) is 0 Å². The van der Waals surface area contributed by atoms with Crippen molar-refractivity contribution in [1.29, 1.82) is 0 Å². The lowest BCUT2D eigenvalue weighted by Gasteiger charge is -2.24. The van der Waals surface area contributed by atoms with Gasteiger partial charge in [0.05, 0.1) is 4.75 Å². The van der Waals surface area contributed by atoms with Crippen LogP contribution in [0.15, 0.2) is 0 Å². The van der Waals surface area contributed by atoms with Crippen molar-refractivity contribution in [2.75, 3.05) is 0 Å². The molecular weight excluding hydrogens is 148 g/mol. The van der Waals surface area contributed by atoms with Crippen LogP contribution >= 0.6 is 0 Å². The first-order valence-electron chi connectivity index (χ1n) is 3.28. The summed E-state index contributed by atoms with van der Waals surface area (Å²) in [6.07, 6.45) is 8.29. The quantitative estimate of drug-likeness (QED) is 0.417. The molecular formula is C7H9O2S-. The molecule has 1 atom stereocenters. The predicted octanol–water partition coefficient (Wildman–Crippen LogP) is 0.811. The van der Waals surface area contributed by atoms with Gasteiger partial charge in [0.2, 0.25) is 0 Å². The van der Waals surface area contributed by atoms with Gasteiger partial charge in [-0.3, -0.25) is 4.21 Å². The fraction of sp³-hybridized carbons (Fsp3) is 0.714. The summed E-state index contributed by atoms with van der Waals surface area (Å²) in [7, 11) is 0. The first-order valence-corrected chi connectivity index (χ1v) is 4.36. The van der Waals surface area contributed by atoms with Gasteiger partial charge in [-0.15, -0.1) is 6.42 Å². The summed E-state index contributed by atoms with van der Waals surface area (Å²) in [4.78, 5) is 0. The third-order valence-electron chi connectivity index (χ3n) is 1.99. The van der Waals surface area contributed by atoms with E-state index in [-0.39, 0.29) is 0 Å². The van der Waals surface area contributed by atoms with E-state index in [0.717, 1.165) is 12.8 Å². The van der Waals surface area contributed by atoms with Gasteiger partial charge >= 0.3 is 0 Å². The highest BCUT2D eigenvalue weighted by Crippen LogP contribution is 2.33. The van der Waals surface area contributed by atoms with Gasteiger partial charge in [-0.1, -0.05) is 18.8 Å². The highest BCUT2D eigenvalue weighted by molar-refractivity contribution is 7.81. The summed E-state index contributed by atoms with van der Waals surface area (Å²) in [6, 6.07) is 0. The monoisotopic (exact) mass is 157 g/mol. The molecule has 10 heavy (non-hydrogen) atoms. The van der Waals surface area contributed by atoms with Crippen LogP contribution in [0.25, 0.3) is 0 Å². The summed E-state index contributed by atoms with van der Waals surface area (Å²) >= 11 is -2.09. The van der Waals surface area contributed by atoms with Gasteiger partial charge in [0.25, 0.3) is 0 Å². The van der Waals surface area contributed by atoms with Crippen molar-refractivity contribution in [2.45, 2.75) is 30.4 Å². The van der Waals surface area contributed by atoms with Crippen molar-refractivity contribution in [1.82, 2.24) is 0 Å². The maximum atomic E-state index is 10.6. The van der Waals surface area contributed by atoms with E-state index in [2.05, 4.69) is 5.92 Å². The van der Waals surface area contributed by atoms with Crippen molar-refractivity contribution in [3.8, 4) is 12.3 Å². The molecule has 1 saturated carbocycles. The highest BCUT2D eigenvalue weighted by Gasteiger charge is 2.32. The van der Waals surface area contributed by atoms with Gasteiger partial charge in [-0.05, 0) is 23.9 Å². The van der Waals surface area contributed by atoms with E-state index in [4.69, 9.17) is 6.42 Å². The first kappa shape index (κ1) is 7.77. The summed E-state index contributed by atoms with van der Waals surface area (Å²) in [5.41, 5.74) is 0. The molecule has 0 bridgehead atoms. The van der Waals surface area contributed by atoms with Gasteiger partial charge in [0.1, 0.15) is 0 Å². The number of rotatable bonds is 1. The van der Waals surface area contributed by atoms with Gasteiger partial charge in [-0.25, -0.2) is 0 Å². The zero-order valence-corrected chi connectivity index (χ0v) is 6.45. The Bertz CT molecular complexity index is 186. The molecule has 1 rings (SSSR count). The van der Waals surface area contributed by atoms with E-state index in [9.17, 15) is 8.76 Å². The van der Waals surface area contributed by atoms with Gasteiger partial charge < -0.3 is 4.55 Å². The molecule has 0 aliphatic heterocycles. The average molecular weight is 157 g/mol. The largest absolute Gasteiger partial charge is 0.771 e. The normalized spacial score (nSPS) is 25.6. The summed E-state index contributed by atoms with van der Waals surface area (Å²) in [6.45, 7) is 0. The Morgan fingerprint density at radius 3 is 2.20 bits per heavy atom. The molecule has 3 heteroatoms. The predicted molar refractivity (Wildman–Crippen MR) is 39.0 cm³/mol. The van der Waals surface area contributed by atoms with E-state index in [1.165, 1.54) is 0 Å². The Morgan fingerprint density at radius 1 is 1.50 bits per heavy atom. The topological polar surface area (TPSA) is 40.1 Å². The van der Waals surface area contributed by atoms with Crippen LogP contribution in [-0.2, 0) is 11.1 Å². The summed E-state index contributed by atoms with van der Waals surface area (Å²) < 4.78 is 20.4. The molecule has 0 spiro atoms. The minimum Gasteiger partial charge on any atom is -0.771 e. The van der Waals surface area contributed by atoms with Crippen LogP contribution in [-0.4, -0.2) is 13.5 Å². The third kappa shape index (κ3) is 1.09. The molecule has 0 aromatic heterocycles. The Balaban J connectivity index is 2.80. The third-order valence-corrected chi connectivity index (χ3v) is 3.16. The zero-order valence-electron chi connectivity index (χ0n) is 5.63. The maximum Gasteiger partial charge on any atom is 0.0928 e. The molecule has 1 unspecified atom stereocenters.